The summed E-state index contributed by atoms with van der Waals surface area (Å²) in [6, 6.07) is 15.8. The molecule has 6 amide bonds. The van der Waals surface area contributed by atoms with Crippen LogP contribution >= 0.6 is 0 Å². The Bertz CT molecular complexity index is 2090. The van der Waals surface area contributed by atoms with Gasteiger partial charge in [-0.25, -0.2) is 0 Å². The first kappa shape index (κ1) is 43.9. The molecule has 59 heavy (non-hydrogen) atoms. The van der Waals surface area contributed by atoms with E-state index in [0.29, 0.717) is 24.9 Å². The second-order valence-corrected chi connectivity index (χ2v) is 15.5. The summed E-state index contributed by atoms with van der Waals surface area (Å²) in [5.41, 5.74) is 8.68. The Morgan fingerprint density at radius 3 is 1.88 bits per heavy atom. The van der Waals surface area contributed by atoms with Gasteiger partial charge in [-0.1, -0.05) is 74.5 Å². The quantitative estimate of drug-likeness (QED) is 0.104. The topological polar surface area (TPSA) is 228 Å². The highest BCUT2D eigenvalue weighted by atomic mass is 16.3. The molecule has 0 saturated carbocycles. The molecule has 9 N–H and O–H groups in total. The molecular weight excluding hydrogens is 753 g/mol. The Hall–Kier alpha value is -6.22. The van der Waals surface area contributed by atoms with Gasteiger partial charge in [-0.3, -0.25) is 28.8 Å². The molecule has 314 valence electrons. The van der Waals surface area contributed by atoms with Crippen molar-refractivity contribution in [2.45, 2.75) is 95.5 Å². The molecule has 2 heterocycles. The number of aromatic amines is 1. The van der Waals surface area contributed by atoms with E-state index in [4.69, 9.17) is 5.73 Å². The minimum absolute atomic E-state index is 0.0121. The monoisotopic (exact) mass is 808 g/mol. The highest BCUT2D eigenvalue weighted by Crippen LogP contribution is 2.20. The van der Waals surface area contributed by atoms with E-state index in [0.717, 1.165) is 22.0 Å². The van der Waals surface area contributed by atoms with E-state index < -0.39 is 77.6 Å². The number of phenols is 1. The first-order valence-corrected chi connectivity index (χ1v) is 20.1. The van der Waals surface area contributed by atoms with Crippen LogP contribution in [-0.2, 0) is 48.0 Å². The molecule has 0 unspecified atom stereocenters. The number of nitrogens with two attached hydrogens (primary N) is 1. The Morgan fingerprint density at radius 1 is 0.644 bits per heavy atom. The van der Waals surface area contributed by atoms with Crippen molar-refractivity contribution in [3.8, 4) is 5.75 Å². The summed E-state index contributed by atoms with van der Waals surface area (Å²) in [7, 11) is 1.44. The number of nitrogens with one attached hydrogen (secondary N) is 6. The zero-order chi connectivity index (χ0) is 42.6. The van der Waals surface area contributed by atoms with Gasteiger partial charge >= 0.3 is 0 Å². The molecule has 1 aliphatic rings. The number of hydrogen-bond donors (Lipinski definition) is 8. The van der Waals surface area contributed by atoms with Gasteiger partial charge in [-0.05, 0) is 73.5 Å². The van der Waals surface area contributed by atoms with Crippen LogP contribution in [0.2, 0.25) is 0 Å². The van der Waals surface area contributed by atoms with Gasteiger partial charge < -0.3 is 47.3 Å². The van der Waals surface area contributed by atoms with Crippen LogP contribution in [-0.4, -0.2) is 100 Å². The summed E-state index contributed by atoms with van der Waals surface area (Å²) in [4.78, 5) is 89.8. The standard InChI is InChI=1S/C44H56N8O7/c1-26(2)38-43(58)50-37(23-28-12-6-5-7-13-28)44(59)52(4)27(3)39(54)48-35(22-29-17-19-31(53)20-18-29)41(56)49-36(24-30-25-46-33-15-9-8-14-32(30)33)42(57)47-34(40(55)51-38)16-10-11-21-45/h5-9,12-15,17-20,25-27,34-38,46,53H,10-11,16,21-24,45H2,1-4H3,(H,47,57)(H,48,54)(H,49,56)(H,50,58)(H,51,55)/t27-,34+,35-,36+,37-,38-/m0/s1. The van der Waals surface area contributed by atoms with Crippen molar-refractivity contribution >= 4 is 46.3 Å². The molecule has 1 saturated heterocycles. The number of fused-ring (bicyclic) bond motifs is 1. The second kappa shape index (κ2) is 20.5. The van der Waals surface area contributed by atoms with Crippen molar-refractivity contribution in [2.24, 2.45) is 11.7 Å². The minimum atomic E-state index is -1.24. The zero-order valence-electron chi connectivity index (χ0n) is 34.0. The maximum absolute atomic E-state index is 14.4. The molecule has 15 heteroatoms. The lowest BCUT2D eigenvalue weighted by atomic mass is 9.98. The normalized spacial score (nSPS) is 22.8. The molecule has 3 aromatic carbocycles. The van der Waals surface area contributed by atoms with Crippen LogP contribution < -0.4 is 32.3 Å². The number of aromatic hydroxyl groups is 1. The second-order valence-electron chi connectivity index (χ2n) is 15.5. The van der Waals surface area contributed by atoms with E-state index in [1.807, 2.05) is 54.6 Å². The molecule has 1 aliphatic heterocycles. The fourth-order valence-electron chi connectivity index (χ4n) is 7.12. The lowest BCUT2D eigenvalue weighted by Crippen LogP contribution is -2.62. The number of phenolic OH excluding ortho intramolecular Hbond substituents is 1. The van der Waals surface area contributed by atoms with Crippen molar-refractivity contribution in [2.75, 3.05) is 13.6 Å². The third-order valence-corrected chi connectivity index (χ3v) is 10.8. The molecule has 0 spiro atoms. The van der Waals surface area contributed by atoms with E-state index >= 15 is 0 Å². The third-order valence-electron chi connectivity index (χ3n) is 10.8. The number of benzene rings is 3. The minimum Gasteiger partial charge on any atom is -0.508 e. The fourth-order valence-corrected chi connectivity index (χ4v) is 7.12. The van der Waals surface area contributed by atoms with Crippen LogP contribution in [0, 0.1) is 5.92 Å². The number of unbranched alkanes of at least 4 members (excludes halogenated alkanes) is 1. The lowest BCUT2D eigenvalue weighted by Gasteiger charge is -2.32. The number of amides is 6. The van der Waals surface area contributed by atoms with Gasteiger partial charge in [0.2, 0.25) is 35.4 Å². The predicted molar refractivity (Wildman–Crippen MR) is 224 cm³/mol. The molecular formula is C44H56N8O7. The zero-order valence-corrected chi connectivity index (χ0v) is 34.0. The number of nitrogens with zero attached hydrogens (tertiary/aromatic N) is 1. The molecule has 15 nitrogen and oxygen atoms in total. The van der Waals surface area contributed by atoms with Crippen LogP contribution in [0.1, 0.15) is 56.7 Å². The van der Waals surface area contributed by atoms with Crippen LogP contribution in [0.25, 0.3) is 10.9 Å². The number of hydrogen-bond acceptors (Lipinski definition) is 8. The summed E-state index contributed by atoms with van der Waals surface area (Å²) in [5.74, 6) is -4.21. The largest absolute Gasteiger partial charge is 0.508 e. The summed E-state index contributed by atoms with van der Waals surface area (Å²) >= 11 is 0. The number of aromatic nitrogens is 1. The van der Waals surface area contributed by atoms with Crippen LogP contribution in [0.3, 0.4) is 0 Å². The highest BCUT2D eigenvalue weighted by molar-refractivity contribution is 5.98. The molecule has 6 atom stereocenters. The SMILES string of the molecule is CC(C)[C@@H]1NC(=O)[C@@H](CCCCN)NC(=O)[C@@H](Cc2c[nH]c3ccccc23)NC(=O)[C@H](Cc2ccc(O)cc2)NC(=O)[C@H](C)N(C)C(=O)[C@H](Cc2ccccc2)NC1=O. The van der Waals surface area contributed by atoms with Crippen molar-refractivity contribution in [3.63, 3.8) is 0 Å². The first-order valence-electron chi connectivity index (χ1n) is 20.1. The van der Waals surface area contributed by atoms with Crippen LogP contribution in [0.15, 0.2) is 85.1 Å². The molecule has 0 radical (unpaired) electrons. The summed E-state index contributed by atoms with van der Waals surface area (Å²) in [6.45, 7) is 5.38. The molecule has 5 rings (SSSR count). The number of carbonyl (C=O) groups excluding carboxylic acids is 6. The Labute approximate surface area is 344 Å². The molecule has 1 aromatic heterocycles. The predicted octanol–water partition coefficient (Wildman–Crippen LogP) is 1.97. The van der Waals surface area contributed by atoms with E-state index in [9.17, 15) is 33.9 Å². The number of H-pyrrole nitrogens is 1. The van der Waals surface area contributed by atoms with E-state index in [-0.39, 0.29) is 31.4 Å². The van der Waals surface area contributed by atoms with Gasteiger partial charge in [0, 0.05) is 43.4 Å². The Morgan fingerprint density at radius 2 is 1.20 bits per heavy atom. The lowest BCUT2D eigenvalue weighted by molar-refractivity contribution is -0.143. The summed E-state index contributed by atoms with van der Waals surface area (Å²) in [5, 5.41) is 24.9. The average Bonchev–Trinajstić information content (AvgIpc) is 3.63. The van der Waals surface area contributed by atoms with Gasteiger partial charge in [0.15, 0.2) is 0 Å². The van der Waals surface area contributed by atoms with Crippen LogP contribution in [0.5, 0.6) is 5.75 Å². The molecule has 4 aromatic rings. The number of carbonyl (C=O) groups is 6. The summed E-state index contributed by atoms with van der Waals surface area (Å²) in [6.07, 6.45) is 3.06. The smallest absolute Gasteiger partial charge is 0.245 e. The van der Waals surface area contributed by atoms with Crippen molar-refractivity contribution < 1.29 is 33.9 Å². The average molecular weight is 809 g/mol. The van der Waals surface area contributed by atoms with Gasteiger partial charge in [-0.2, -0.15) is 0 Å². The van der Waals surface area contributed by atoms with E-state index in [1.54, 1.807) is 32.2 Å². The van der Waals surface area contributed by atoms with Crippen molar-refractivity contribution in [1.29, 1.82) is 0 Å². The number of para-hydroxylation sites is 1. The van der Waals surface area contributed by atoms with Gasteiger partial charge in [0.25, 0.3) is 0 Å². The van der Waals surface area contributed by atoms with Gasteiger partial charge in [-0.15, -0.1) is 0 Å². The maximum atomic E-state index is 14.4. The summed E-state index contributed by atoms with van der Waals surface area (Å²) < 4.78 is 0. The van der Waals surface area contributed by atoms with E-state index in [2.05, 4.69) is 31.6 Å². The first-order chi connectivity index (χ1) is 28.2. The Kier molecular flexibility index (Phi) is 15.2. The maximum Gasteiger partial charge on any atom is 0.245 e. The number of rotatable bonds is 11. The molecule has 0 bridgehead atoms. The molecule has 1 fully saturated rings. The van der Waals surface area contributed by atoms with Crippen molar-refractivity contribution in [1.82, 2.24) is 36.5 Å². The molecule has 0 aliphatic carbocycles. The van der Waals surface area contributed by atoms with E-state index in [1.165, 1.54) is 31.0 Å². The highest BCUT2D eigenvalue weighted by Gasteiger charge is 2.37. The van der Waals surface area contributed by atoms with Crippen molar-refractivity contribution in [3.05, 3.63) is 102 Å². The third kappa shape index (κ3) is 11.7. The fraction of sp³-hybridized carbons (Fsp3) is 0.409. The van der Waals surface area contributed by atoms with Crippen LogP contribution in [0.4, 0.5) is 0 Å². The van der Waals surface area contributed by atoms with Gasteiger partial charge in [0.05, 0.1) is 0 Å². The Balaban J connectivity index is 1.57. The number of likely N-dealkylation sites (N-methyl/N-ethyl adjacent to an activating group) is 1. The van der Waals surface area contributed by atoms with Gasteiger partial charge in [0.1, 0.15) is 42.0 Å².